The molecule has 5 rings (SSSR count). The van der Waals surface area contributed by atoms with Crippen LogP contribution in [0.15, 0.2) is 102 Å². The van der Waals surface area contributed by atoms with E-state index in [1.165, 1.54) is 24.3 Å². The zero-order valence-corrected chi connectivity index (χ0v) is 27.9. The smallest absolute Gasteiger partial charge is 0.405 e. The average Bonchev–Trinajstić information content (AvgIpc) is 3.11. The third-order valence-corrected chi connectivity index (χ3v) is 8.69. The molecule has 0 spiro atoms. The average molecular weight is 682 g/mol. The summed E-state index contributed by atoms with van der Waals surface area (Å²) in [6.07, 6.45) is 5.33. The van der Waals surface area contributed by atoms with Gasteiger partial charge in [-0.3, -0.25) is 4.79 Å². The molecule has 0 aliphatic heterocycles. The van der Waals surface area contributed by atoms with E-state index in [1.807, 2.05) is 54.6 Å². The molecule has 0 saturated heterocycles. The van der Waals surface area contributed by atoms with E-state index >= 15 is 0 Å². The van der Waals surface area contributed by atoms with Crippen molar-refractivity contribution in [1.82, 2.24) is 15.6 Å². The van der Waals surface area contributed by atoms with Crippen LogP contribution in [0.4, 0.5) is 9.18 Å². The van der Waals surface area contributed by atoms with Crippen molar-refractivity contribution in [1.29, 1.82) is 0 Å². The zero-order valence-electron chi connectivity index (χ0n) is 27.9. The SMILES string of the molecule is O=C(O)NC(c1ccccc1)c1cc(OCCCCCCCCCNCC(O)c2ccc(O)c3[nH]c(=O)ccc23)cc(-c2cccc(F)c2)c1. The lowest BCUT2D eigenvalue weighted by atomic mass is 9.94. The summed E-state index contributed by atoms with van der Waals surface area (Å²) in [6, 6.07) is 26.7. The molecule has 0 aliphatic carbocycles. The lowest BCUT2D eigenvalue weighted by Crippen LogP contribution is -2.27. The Labute approximate surface area is 290 Å². The molecule has 2 unspecified atom stereocenters. The summed E-state index contributed by atoms with van der Waals surface area (Å²) in [5.41, 5.74) is 3.56. The van der Waals surface area contributed by atoms with Gasteiger partial charge in [0.25, 0.3) is 0 Å². The largest absolute Gasteiger partial charge is 0.506 e. The van der Waals surface area contributed by atoms with E-state index in [2.05, 4.69) is 15.6 Å². The molecule has 0 bridgehead atoms. The minimum absolute atomic E-state index is 0.0277. The molecular formula is C40H44FN3O6. The van der Waals surface area contributed by atoms with Crippen LogP contribution in [0.2, 0.25) is 0 Å². The normalized spacial score (nSPS) is 12.4. The third-order valence-electron chi connectivity index (χ3n) is 8.69. The number of aromatic hydroxyl groups is 1. The number of halogens is 1. The van der Waals surface area contributed by atoms with Crippen LogP contribution in [0.5, 0.6) is 11.5 Å². The summed E-state index contributed by atoms with van der Waals surface area (Å²) >= 11 is 0. The van der Waals surface area contributed by atoms with Crippen molar-refractivity contribution in [2.75, 3.05) is 19.7 Å². The van der Waals surface area contributed by atoms with Crippen molar-refractivity contribution < 1.29 is 29.2 Å². The van der Waals surface area contributed by atoms with Gasteiger partial charge < -0.3 is 35.7 Å². The van der Waals surface area contributed by atoms with Crippen LogP contribution in [-0.4, -0.2) is 46.1 Å². The van der Waals surface area contributed by atoms with E-state index in [1.54, 1.807) is 18.2 Å². The standard InChI is InChI=1S/C40H44FN3O6/c41-31-15-11-14-28(23-31)29-22-30(38(44-40(48)49)27-12-7-6-8-13-27)25-32(24-29)50-21-10-5-3-1-2-4-9-20-42-26-36(46)33-16-18-35(45)39-34(33)17-19-37(47)43-39/h6-8,11-19,22-25,36,38,42,44-46H,1-5,9-10,20-21,26H2,(H,43,47)(H,48,49). The Hall–Kier alpha value is -5.19. The molecule has 1 amide bonds. The number of rotatable bonds is 18. The minimum Gasteiger partial charge on any atom is -0.506 e. The van der Waals surface area contributed by atoms with Gasteiger partial charge in [0.15, 0.2) is 0 Å². The van der Waals surface area contributed by atoms with Gasteiger partial charge in [-0.05, 0) is 89.7 Å². The van der Waals surface area contributed by atoms with Crippen LogP contribution in [-0.2, 0) is 0 Å². The number of benzene rings is 4. The number of aromatic nitrogens is 1. The maximum Gasteiger partial charge on any atom is 0.405 e. The van der Waals surface area contributed by atoms with Crippen molar-refractivity contribution in [2.45, 2.75) is 57.1 Å². The number of phenolic OH excluding ortho intramolecular Hbond substituents is 1. The van der Waals surface area contributed by atoms with Crippen LogP contribution in [0.1, 0.15) is 73.8 Å². The Bertz CT molecular complexity index is 1920. The molecule has 6 N–H and O–H groups in total. The first-order valence-corrected chi connectivity index (χ1v) is 17.1. The fourth-order valence-electron chi connectivity index (χ4n) is 6.16. The van der Waals surface area contributed by atoms with Crippen molar-refractivity contribution in [2.24, 2.45) is 0 Å². The zero-order chi connectivity index (χ0) is 35.3. The van der Waals surface area contributed by atoms with Crippen LogP contribution in [0.3, 0.4) is 0 Å². The van der Waals surface area contributed by atoms with Gasteiger partial charge in [-0.2, -0.15) is 0 Å². The molecule has 0 radical (unpaired) electrons. The summed E-state index contributed by atoms with van der Waals surface area (Å²) in [7, 11) is 0. The number of aliphatic hydroxyl groups is 1. The highest BCUT2D eigenvalue weighted by Crippen LogP contribution is 2.33. The van der Waals surface area contributed by atoms with Crippen LogP contribution in [0.25, 0.3) is 22.0 Å². The Balaban J connectivity index is 1.04. The van der Waals surface area contributed by atoms with Gasteiger partial charge in [0.05, 0.1) is 24.3 Å². The highest BCUT2D eigenvalue weighted by molar-refractivity contribution is 5.87. The van der Waals surface area contributed by atoms with E-state index in [0.29, 0.717) is 46.5 Å². The number of hydrogen-bond donors (Lipinski definition) is 6. The third kappa shape index (κ3) is 10.2. The van der Waals surface area contributed by atoms with Crippen LogP contribution in [0, 0.1) is 5.82 Å². The number of carboxylic acid groups (broad SMARTS) is 1. The molecular weight excluding hydrogens is 637 g/mol. The van der Waals surface area contributed by atoms with Gasteiger partial charge in [0.1, 0.15) is 17.3 Å². The minimum atomic E-state index is -1.15. The van der Waals surface area contributed by atoms with Gasteiger partial charge in [-0.15, -0.1) is 0 Å². The second kappa shape index (κ2) is 18.0. The molecule has 50 heavy (non-hydrogen) atoms. The topological polar surface area (TPSA) is 144 Å². The Kier molecular flexibility index (Phi) is 13.0. The van der Waals surface area contributed by atoms with E-state index in [9.17, 15) is 29.3 Å². The molecule has 10 heteroatoms. The maximum atomic E-state index is 14.1. The number of ether oxygens (including phenoxy) is 1. The first-order valence-electron chi connectivity index (χ1n) is 17.1. The molecule has 4 aromatic carbocycles. The summed E-state index contributed by atoms with van der Waals surface area (Å²) in [6.45, 7) is 1.66. The number of fused-ring (bicyclic) bond motifs is 1. The van der Waals surface area contributed by atoms with Gasteiger partial charge in [0.2, 0.25) is 5.56 Å². The van der Waals surface area contributed by atoms with Gasteiger partial charge in [0, 0.05) is 18.0 Å². The fourth-order valence-corrected chi connectivity index (χ4v) is 6.16. The molecule has 0 aliphatic rings. The predicted octanol–water partition coefficient (Wildman–Crippen LogP) is 7.83. The number of amides is 1. The first-order chi connectivity index (χ1) is 24.3. The summed E-state index contributed by atoms with van der Waals surface area (Å²) in [5.74, 6) is 0.217. The van der Waals surface area contributed by atoms with Crippen molar-refractivity contribution in [3.63, 3.8) is 0 Å². The molecule has 9 nitrogen and oxygen atoms in total. The number of phenols is 1. The van der Waals surface area contributed by atoms with Gasteiger partial charge >= 0.3 is 6.09 Å². The van der Waals surface area contributed by atoms with Crippen molar-refractivity contribution >= 4 is 17.0 Å². The molecule has 0 fully saturated rings. The molecule has 1 heterocycles. The number of pyridine rings is 1. The molecule has 262 valence electrons. The second-order valence-corrected chi connectivity index (χ2v) is 12.4. The predicted molar refractivity (Wildman–Crippen MR) is 193 cm³/mol. The second-order valence-electron chi connectivity index (χ2n) is 12.4. The molecule has 5 aromatic rings. The first kappa shape index (κ1) is 36.1. The quantitative estimate of drug-likeness (QED) is 0.0518. The number of nitrogens with one attached hydrogen (secondary N) is 3. The van der Waals surface area contributed by atoms with Gasteiger partial charge in [-0.25, -0.2) is 9.18 Å². The van der Waals surface area contributed by atoms with Crippen LogP contribution >= 0.6 is 0 Å². The van der Waals surface area contributed by atoms with Crippen molar-refractivity contribution in [3.05, 3.63) is 130 Å². The Morgan fingerprint density at radius 3 is 2.32 bits per heavy atom. The lowest BCUT2D eigenvalue weighted by Gasteiger charge is -2.20. The lowest BCUT2D eigenvalue weighted by molar-refractivity contribution is 0.176. The summed E-state index contributed by atoms with van der Waals surface area (Å²) in [4.78, 5) is 26.0. The van der Waals surface area contributed by atoms with E-state index in [4.69, 9.17) is 4.74 Å². The maximum absolute atomic E-state index is 14.1. The Morgan fingerprint density at radius 2 is 1.56 bits per heavy atom. The number of hydrogen-bond acceptors (Lipinski definition) is 6. The van der Waals surface area contributed by atoms with Crippen molar-refractivity contribution in [3.8, 4) is 22.6 Å². The number of unbranched alkanes of at least 4 members (excludes halogenated alkanes) is 6. The highest BCUT2D eigenvalue weighted by Gasteiger charge is 2.19. The number of H-pyrrole nitrogens is 1. The monoisotopic (exact) mass is 681 g/mol. The highest BCUT2D eigenvalue weighted by atomic mass is 19.1. The van der Waals surface area contributed by atoms with E-state index in [-0.39, 0.29) is 17.1 Å². The number of aromatic amines is 1. The number of carbonyl (C=O) groups is 1. The molecule has 1 aromatic heterocycles. The summed E-state index contributed by atoms with van der Waals surface area (Å²) < 4.78 is 20.3. The van der Waals surface area contributed by atoms with Gasteiger partial charge in [-0.1, -0.05) is 80.6 Å². The van der Waals surface area contributed by atoms with E-state index < -0.39 is 18.2 Å². The summed E-state index contributed by atoms with van der Waals surface area (Å²) in [5, 5.41) is 36.9. The van der Waals surface area contributed by atoms with Crippen LogP contribution < -0.4 is 20.9 Å². The number of aliphatic hydroxyl groups excluding tert-OH is 1. The molecule has 2 atom stereocenters. The molecule has 0 saturated carbocycles. The van der Waals surface area contributed by atoms with E-state index in [0.717, 1.165) is 62.6 Å². The fraction of sp³-hybridized carbons (Fsp3) is 0.300. The Morgan fingerprint density at radius 1 is 0.800 bits per heavy atom.